The molecule has 0 saturated heterocycles. The van der Waals surface area contributed by atoms with Gasteiger partial charge in [-0.25, -0.2) is 4.98 Å². The average molecular weight is 382 g/mol. The molecule has 3 nitrogen and oxygen atoms in total. The van der Waals surface area contributed by atoms with Crippen LogP contribution in [0.4, 0.5) is 0 Å². The van der Waals surface area contributed by atoms with E-state index in [-0.39, 0.29) is 10.9 Å². The maximum absolute atomic E-state index is 12.5. The third-order valence-electron chi connectivity index (χ3n) is 3.76. The summed E-state index contributed by atoms with van der Waals surface area (Å²) in [7, 11) is 0. The van der Waals surface area contributed by atoms with E-state index in [1.165, 1.54) is 10.4 Å². The number of hydrogen-bond acceptors (Lipinski definition) is 3. The van der Waals surface area contributed by atoms with E-state index in [0.717, 1.165) is 26.9 Å². The largest absolute Gasteiger partial charge is 0.309 e. The molecule has 0 radical (unpaired) electrons. The second kappa shape index (κ2) is 4.66. The van der Waals surface area contributed by atoms with E-state index in [0.29, 0.717) is 11.2 Å². The quantitative estimate of drug-likeness (QED) is 0.489. The molecule has 1 aromatic carbocycles. The first-order valence-corrected chi connectivity index (χ1v) is 8.58. The highest BCUT2D eigenvalue weighted by Crippen LogP contribution is 2.46. The third-order valence-corrected chi connectivity index (χ3v) is 5.79. The molecule has 0 saturated carbocycles. The molecule has 1 atom stereocenters. The van der Waals surface area contributed by atoms with Crippen molar-refractivity contribution in [2.75, 3.05) is 0 Å². The summed E-state index contributed by atoms with van der Waals surface area (Å²) in [5.41, 5.74) is 3.31. The highest BCUT2D eigenvalue weighted by Gasteiger charge is 2.27. The van der Waals surface area contributed by atoms with Gasteiger partial charge in [0.05, 0.1) is 10.8 Å². The number of thiophene rings is 1. The second-order valence-corrected chi connectivity index (χ2v) is 7.68. The van der Waals surface area contributed by atoms with Crippen molar-refractivity contribution in [3.05, 3.63) is 49.3 Å². The molecule has 0 bridgehead atoms. The molecule has 1 N–H and O–H groups in total. The zero-order chi connectivity index (χ0) is 14.7. The van der Waals surface area contributed by atoms with Gasteiger partial charge in [0, 0.05) is 21.3 Å². The van der Waals surface area contributed by atoms with Crippen molar-refractivity contribution in [3.63, 3.8) is 0 Å². The van der Waals surface area contributed by atoms with Gasteiger partial charge in [0.2, 0.25) is 0 Å². The number of rotatable bonds is 1. The number of halogens is 2. The molecule has 2 aromatic heterocycles. The maximum atomic E-state index is 12.5. The Morgan fingerprint density at radius 1 is 1.48 bits per heavy atom. The normalized spacial score (nSPS) is 14.2. The van der Waals surface area contributed by atoms with Gasteiger partial charge in [0.25, 0.3) is 5.56 Å². The van der Waals surface area contributed by atoms with E-state index in [2.05, 4.69) is 32.0 Å². The van der Waals surface area contributed by atoms with Crippen molar-refractivity contribution in [1.29, 1.82) is 0 Å². The molecule has 1 aliphatic carbocycles. The van der Waals surface area contributed by atoms with Crippen LogP contribution < -0.4 is 5.56 Å². The molecule has 0 spiro atoms. The SMILES string of the molecule is CC(Cl)c1nc2sc3c(c2c(=O)[nH]1)-c1cccc(Br)c1C3. The van der Waals surface area contributed by atoms with Gasteiger partial charge < -0.3 is 4.98 Å². The number of hydrogen-bond donors (Lipinski definition) is 1. The van der Waals surface area contributed by atoms with Crippen molar-refractivity contribution in [2.24, 2.45) is 0 Å². The fourth-order valence-electron chi connectivity index (χ4n) is 2.80. The van der Waals surface area contributed by atoms with Crippen LogP contribution in [0.2, 0.25) is 0 Å². The van der Waals surface area contributed by atoms with E-state index in [1.54, 1.807) is 18.3 Å². The Morgan fingerprint density at radius 3 is 3.05 bits per heavy atom. The summed E-state index contributed by atoms with van der Waals surface area (Å²) in [5, 5.41) is 0.383. The monoisotopic (exact) mass is 380 g/mol. The van der Waals surface area contributed by atoms with Crippen molar-refractivity contribution >= 4 is 49.1 Å². The van der Waals surface area contributed by atoms with Gasteiger partial charge in [0.1, 0.15) is 10.7 Å². The van der Waals surface area contributed by atoms with Crippen molar-refractivity contribution in [3.8, 4) is 11.1 Å². The Hall–Kier alpha value is -1.17. The predicted molar refractivity (Wildman–Crippen MR) is 90.5 cm³/mol. The van der Waals surface area contributed by atoms with Crippen LogP contribution in [0, 0.1) is 0 Å². The van der Waals surface area contributed by atoms with E-state index in [1.807, 2.05) is 12.1 Å². The fourth-order valence-corrected chi connectivity index (χ4v) is 4.62. The second-order valence-electron chi connectivity index (χ2n) is 5.09. The lowest BCUT2D eigenvalue weighted by atomic mass is 10.1. The standard InChI is InChI=1S/C15H10BrClN2OS/c1-6(17)13-18-14(20)12-11-7-3-2-4-9(16)8(7)5-10(11)21-15(12)19-13/h2-4,6H,5H2,1H3,(H,18,19,20). The first kappa shape index (κ1) is 13.5. The summed E-state index contributed by atoms with van der Waals surface area (Å²) in [5.74, 6) is 0.531. The smallest absolute Gasteiger partial charge is 0.260 e. The number of H-pyrrole nitrogens is 1. The lowest BCUT2D eigenvalue weighted by Gasteiger charge is -2.04. The molecule has 106 valence electrons. The van der Waals surface area contributed by atoms with E-state index in [4.69, 9.17) is 11.6 Å². The van der Waals surface area contributed by atoms with Crippen LogP contribution in [-0.4, -0.2) is 9.97 Å². The Morgan fingerprint density at radius 2 is 2.29 bits per heavy atom. The van der Waals surface area contributed by atoms with Crippen molar-refractivity contribution < 1.29 is 0 Å². The van der Waals surface area contributed by atoms with Crippen molar-refractivity contribution in [2.45, 2.75) is 18.7 Å². The minimum Gasteiger partial charge on any atom is -0.309 e. The Kier molecular flexibility index (Phi) is 3.00. The van der Waals surface area contributed by atoms with E-state index < -0.39 is 0 Å². The van der Waals surface area contributed by atoms with Gasteiger partial charge in [0.15, 0.2) is 0 Å². The first-order chi connectivity index (χ1) is 10.1. The molecule has 6 heteroatoms. The van der Waals surface area contributed by atoms with Gasteiger partial charge >= 0.3 is 0 Å². The van der Waals surface area contributed by atoms with Crippen LogP contribution in [0.3, 0.4) is 0 Å². The Bertz CT molecular complexity index is 945. The highest BCUT2D eigenvalue weighted by atomic mass is 79.9. The van der Waals surface area contributed by atoms with Crippen molar-refractivity contribution in [1.82, 2.24) is 9.97 Å². The van der Waals surface area contributed by atoms with Crippen LogP contribution in [0.1, 0.15) is 28.6 Å². The van der Waals surface area contributed by atoms with E-state index >= 15 is 0 Å². The van der Waals surface area contributed by atoms with E-state index in [9.17, 15) is 4.79 Å². The summed E-state index contributed by atoms with van der Waals surface area (Å²) in [6, 6.07) is 6.10. The summed E-state index contributed by atoms with van der Waals surface area (Å²) in [6.45, 7) is 1.80. The predicted octanol–water partition coefficient (Wildman–Crippen LogP) is 4.62. The summed E-state index contributed by atoms with van der Waals surface area (Å²) < 4.78 is 1.09. The molecule has 4 rings (SSSR count). The molecule has 0 fully saturated rings. The van der Waals surface area contributed by atoms with Gasteiger partial charge in [-0.05, 0) is 24.1 Å². The summed E-state index contributed by atoms with van der Waals surface area (Å²) in [6.07, 6.45) is 0.846. The third kappa shape index (κ3) is 1.91. The van der Waals surface area contributed by atoms with Gasteiger partial charge in [-0.15, -0.1) is 22.9 Å². The van der Waals surface area contributed by atoms with Crippen LogP contribution >= 0.6 is 38.9 Å². The number of benzene rings is 1. The van der Waals surface area contributed by atoms with Gasteiger partial charge in [-0.2, -0.15) is 0 Å². The number of aromatic amines is 1. The highest BCUT2D eigenvalue weighted by molar-refractivity contribution is 9.10. The Balaban J connectivity index is 2.07. The topological polar surface area (TPSA) is 45.8 Å². The number of alkyl halides is 1. The van der Waals surface area contributed by atoms with Crippen LogP contribution in [0.15, 0.2) is 27.5 Å². The number of aromatic nitrogens is 2. The lowest BCUT2D eigenvalue weighted by molar-refractivity contribution is 0.917. The lowest BCUT2D eigenvalue weighted by Crippen LogP contribution is -2.11. The first-order valence-electron chi connectivity index (χ1n) is 6.53. The molecule has 0 aliphatic heterocycles. The molecule has 3 aromatic rings. The van der Waals surface area contributed by atoms with Crippen LogP contribution in [0.5, 0.6) is 0 Å². The van der Waals surface area contributed by atoms with Crippen LogP contribution in [-0.2, 0) is 6.42 Å². The molecule has 1 unspecified atom stereocenters. The fraction of sp³-hybridized carbons (Fsp3) is 0.200. The summed E-state index contributed by atoms with van der Waals surface area (Å²) in [4.78, 5) is 21.8. The average Bonchev–Trinajstić information content (AvgIpc) is 2.95. The number of nitrogens with zero attached hydrogens (tertiary/aromatic N) is 1. The number of fused-ring (bicyclic) bond motifs is 5. The molecular weight excluding hydrogens is 372 g/mol. The molecule has 2 heterocycles. The summed E-state index contributed by atoms with van der Waals surface area (Å²) >= 11 is 11.2. The van der Waals surface area contributed by atoms with Gasteiger partial charge in [-0.3, -0.25) is 4.79 Å². The molecular formula is C15H10BrClN2OS. The minimum absolute atomic E-state index is 0.104. The molecule has 21 heavy (non-hydrogen) atoms. The van der Waals surface area contributed by atoms with Crippen LogP contribution in [0.25, 0.3) is 21.3 Å². The minimum atomic E-state index is -0.305. The number of nitrogens with one attached hydrogen (secondary N) is 1. The Labute approximate surface area is 138 Å². The molecule has 1 aliphatic rings. The zero-order valence-corrected chi connectivity index (χ0v) is 14.2. The molecule has 0 amide bonds. The van der Waals surface area contributed by atoms with Gasteiger partial charge in [-0.1, -0.05) is 28.1 Å². The zero-order valence-electron chi connectivity index (χ0n) is 11.0. The maximum Gasteiger partial charge on any atom is 0.260 e.